The van der Waals surface area contributed by atoms with Crippen molar-refractivity contribution < 1.29 is 8.78 Å². The maximum atomic E-state index is 13.3. The zero-order chi connectivity index (χ0) is 15.0. The summed E-state index contributed by atoms with van der Waals surface area (Å²) in [6, 6.07) is 8.02. The van der Waals surface area contributed by atoms with E-state index in [9.17, 15) is 8.78 Å². The summed E-state index contributed by atoms with van der Waals surface area (Å²) in [4.78, 5) is 0. The first kappa shape index (κ1) is 14.0. The molecule has 2 aromatic rings. The predicted molar refractivity (Wildman–Crippen MR) is 79.3 cm³/mol. The van der Waals surface area contributed by atoms with Gasteiger partial charge in [0.15, 0.2) is 5.82 Å². The van der Waals surface area contributed by atoms with Gasteiger partial charge in [-0.3, -0.25) is 5.10 Å². The molecular weight excluding hydrogens is 272 g/mol. The summed E-state index contributed by atoms with van der Waals surface area (Å²) in [5.41, 5.74) is 9.89. The Labute approximate surface area is 122 Å². The van der Waals surface area contributed by atoms with Crippen molar-refractivity contribution in [2.45, 2.75) is 44.4 Å². The molecule has 0 aliphatic heterocycles. The van der Waals surface area contributed by atoms with E-state index in [1.54, 1.807) is 0 Å². The van der Waals surface area contributed by atoms with E-state index in [2.05, 4.69) is 10.2 Å². The Morgan fingerprint density at radius 3 is 2.43 bits per heavy atom. The van der Waals surface area contributed by atoms with Crippen LogP contribution in [0.5, 0.6) is 0 Å². The number of rotatable bonds is 2. The van der Waals surface area contributed by atoms with Gasteiger partial charge in [0.25, 0.3) is 0 Å². The molecule has 1 aliphatic rings. The quantitative estimate of drug-likeness (QED) is 0.868. The average molecular weight is 291 g/mol. The van der Waals surface area contributed by atoms with E-state index in [-0.39, 0.29) is 18.8 Å². The number of hydrogen-bond donors (Lipinski definition) is 2. The molecule has 1 aromatic heterocycles. The highest BCUT2D eigenvalue weighted by Gasteiger charge is 2.37. The minimum atomic E-state index is -2.52. The number of nitrogens with one attached hydrogen (secondary N) is 1. The molecule has 21 heavy (non-hydrogen) atoms. The highest BCUT2D eigenvalue weighted by molar-refractivity contribution is 5.76. The van der Waals surface area contributed by atoms with Crippen LogP contribution in [-0.4, -0.2) is 16.1 Å². The number of halogens is 2. The number of nitrogens with two attached hydrogens (primary N) is 1. The first-order valence-electron chi connectivity index (χ1n) is 7.25. The van der Waals surface area contributed by atoms with Gasteiger partial charge in [0.2, 0.25) is 5.92 Å². The molecule has 0 unspecified atom stereocenters. The molecular formula is C16H19F2N3. The van der Waals surface area contributed by atoms with E-state index in [4.69, 9.17) is 5.73 Å². The fourth-order valence-corrected chi connectivity index (χ4v) is 3.02. The van der Waals surface area contributed by atoms with Crippen molar-refractivity contribution in [3.8, 4) is 11.1 Å². The lowest BCUT2D eigenvalue weighted by Crippen LogP contribution is -2.24. The van der Waals surface area contributed by atoms with Gasteiger partial charge >= 0.3 is 0 Å². The van der Waals surface area contributed by atoms with E-state index >= 15 is 0 Å². The lowest BCUT2D eigenvalue weighted by Gasteiger charge is -2.28. The number of aromatic nitrogens is 2. The second-order valence-corrected chi connectivity index (χ2v) is 5.89. The Bertz CT molecular complexity index is 621. The molecule has 0 bridgehead atoms. The fraction of sp³-hybridized carbons (Fsp3) is 0.438. The second-order valence-electron chi connectivity index (χ2n) is 5.89. The van der Waals surface area contributed by atoms with Crippen molar-refractivity contribution >= 4 is 5.82 Å². The summed E-state index contributed by atoms with van der Waals surface area (Å²) >= 11 is 0. The van der Waals surface area contributed by atoms with Crippen LogP contribution in [0.25, 0.3) is 11.1 Å². The maximum absolute atomic E-state index is 13.3. The predicted octanol–water partition coefficient (Wildman–Crippen LogP) is 4.26. The molecule has 5 heteroatoms. The normalized spacial score (nSPS) is 18.8. The Balaban J connectivity index is 1.92. The number of aryl methyl sites for hydroxylation is 1. The summed E-state index contributed by atoms with van der Waals surface area (Å²) in [7, 11) is 0. The number of aromatic amines is 1. The van der Waals surface area contributed by atoms with E-state index in [1.165, 1.54) is 5.56 Å². The van der Waals surface area contributed by atoms with Crippen LogP contribution in [-0.2, 0) is 0 Å². The van der Waals surface area contributed by atoms with Gasteiger partial charge in [-0.05, 0) is 25.3 Å². The van der Waals surface area contributed by atoms with Gasteiger partial charge < -0.3 is 5.73 Å². The molecule has 0 saturated heterocycles. The van der Waals surface area contributed by atoms with Gasteiger partial charge in [-0.2, -0.15) is 5.10 Å². The number of nitrogen functional groups attached to an aromatic ring is 1. The zero-order valence-corrected chi connectivity index (χ0v) is 12.0. The molecule has 1 fully saturated rings. The lowest BCUT2D eigenvalue weighted by atomic mass is 9.82. The Hall–Kier alpha value is -1.91. The van der Waals surface area contributed by atoms with Crippen LogP contribution in [0.2, 0.25) is 0 Å². The van der Waals surface area contributed by atoms with E-state index in [0.717, 1.165) is 16.8 Å². The van der Waals surface area contributed by atoms with Crippen LogP contribution in [0.4, 0.5) is 14.6 Å². The van der Waals surface area contributed by atoms with Crippen molar-refractivity contribution in [1.29, 1.82) is 0 Å². The Morgan fingerprint density at radius 1 is 1.19 bits per heavy atom. The van der Waals surface area contributed by atoms with E-state index in [0.29, 0.717) is 18.7 Å². The molecule has 112 valence electrons. The first-order valence-corrected chi connectivity index (χ1v) is 7.25. The van der Waals surface area contributed by atoms with Crippen molar-refractivity contribution in [2.75, 3.05) is 5.73 Å². The molecule has 1 heterocycles. The molecule has 1 aliphatic carbocycles. The number of nitrogens with zero attached hydrogens (tertiary/aromatic N) is 1. The van der Waals surface area contributed by atoms with Crippen LogP contribution in [0, 0.1) is 6.92 Å². The van der Waals surface area contributed by atoms with Gasteiger partial charge in [0.05, 0.1) is 0 Å². The van der Waals surface area contributed by atoms with Crippen molar-refractivity contribution in [3.05, 3.63) is 35.5 Å². The second kappa shape index (κ2) is 5.13. The average Bonchev–Trinajstić information content (AvgIpc) is 2.82. The third-order valence-electron chi connectivity index (χ3n) is 4.29. The van der Waals surface area contributed by atoms with E-state index in [1.807, 2.05) is 31.2 Å². The zero-order valence-electron chi connectivity index (χ0n) is 12.0. The number of hydrogen-bond acceptors (Lipinski definition) is 2. The minimum absolute atomic E-state index is 0.0655. The van der Waals surface area contributed by atoms with Gasteiger partial charge in [-0.1, -0.05) is 29.8 Å². The molecule has 0 atom stereocenters. The molecule has 0 amide bonds. The van der Waals surface area contributed by atoms with Gasteiger partial charge in [-0.15, -0.1) is 0 Å². The van der Waals surface area contributed by atoms with E-state index < -0.39 is 5.92 Å². The standard InChI is InChI=1S/C16H19F2N3/c1-10-2-4-11(5-3-10)13-14(20-21-15(13)19)12-6-8-16(17,18)9-7-12/h2-5,12H,6-9H2,1H3,(H3,19,20,21). The molecule has 1 aromatic carbocycles. The largest absolute Gasteiger partial charge is 0.382 e. The van der Waals surface area contributed by atoms with Crippen LogP contribution in [0.3, 0.4) is 0 Å². The van der Waals surface area contributed by atoms with Crippen LogP contribution in [0.1, 0.15) is 42.9 Å². The fourth-order valence-electron chi connectivity index (χ4n) is 3.02. The monoisotopic (exact) mass is 291 g/mol. The Morgan fingerprint density at radius 2 is 1.81 bits per heavy atom. The molecule has 3 nitrogen and oxygen atoms in total. The topological polar surface area (TPSA) is 54.7 Å². The highest BCUT2D eigenvalue weighted by Crippen LogP contribution is 2.43. The van der Waals surface area contributed by atoms with Gasteiger partial charge in [0.1, 0.15) is 0 Å². The van der Waals surface area contributed by atoms with Gasteiger partial charge in [-0.25, -0.2) is 8.78 Å². The molecule has 3 N–H and O–H groups in total. The van der Waals surface area contributed by atoms with Gasteiger partial charge in [0, 0.05) is 30.0 Å². The maximum Gasteiger partial charge on any atom is 0.248 e. The summed E-state index contributed by atoms with van der Waals surface area (Å²) in [5.74, 6) is -2.01. The first-order chi connectivity index (χ1) is 9.96. The number of anilines is 1. The highest BCUT2D eigenvalue weighted by atomic mass is 19.3. The van der Waals surface area contributed by atoms with Crippen LogP contribution in [0.15, 0.2) is 24.3 Å². The van der Waals surface area contributed by atoms with Crippen molar-refractivity contribution in [3.63, 3.8) is 0 Å². The summed E-state index contributed by atoms with van der Waals surface area (Å²) in [6.45, 7) is 2.02. The summed E-state index contributed by atoms with van der Waals surface area (Å²) < 4.78 is 26.6. The molecule has 3 rings (SSSR count). The molecule has 1 saturated carbocycles. The van der Waals surface area contributed by atoms with Crippen molar-refractivity contribution in [1.82, 2.24) is 10.2 Å². The summed E-state index contributed by atoms with van der Waals surface area (Å²) in [5, 5.41) is 7.06. The Kier molecular flexibility index (Phi) is 3.43. The third-order valence-corrected chi connectivity index (χ3v) is 4.29. The SMILES string of the molecule is Cc1ccc(-c2c(N)n[nH]c2C2CCC(F)(F)CC2)cc1. The number of H-pyrrole nitrogens is 1. The van der Waals surface area contributed by atoms with Crippen molar-refractivity contribution in [2.24, 2.45) is 0 Å². The molecule has 0 spiro atoms. The van der Waals surface area contributed by atoms with Crippen LogP contribution >= 0.6 is 0 Å². The van der Waals surface area contributed by atoms with Crippen LogP contribution < -0.4 is 5.73 Å². The minimum Gasteiger partial charge on any atom is -0.382 e. The lowest BCUT2D eigenvalue weighted by molar-refractivity contribution is -0.0384. The smallest absolute Gasteiger partial charge is 0.248 e. The summed E-state index contributed by atoms with van der Waals surface area (Å²) in [6.07, 6.45) is 0.800. The number of benzene rings is 1. The number of alkyl halides is 2. The molecule has 0 radical (unpaired) electrons. The third kappa shape index (κ3) is 2.77.